The van der Waals surface area contributed by atoms with Gasteiger partial charge in [-0.15, -0.1) is 0 Å². The van der Waals surface area contributed by atoms with Crippen LogP contribution in [0.4, 0.5) is 15.8 Å². The summed E-state index contributed by atoms with van der Waals surface area (Å²) < 4.78 is 18.7. The molecule has 0 aliphatic rings. The van der Waals surface area contributed by atoms with Gasteiger partial charge in [0.05, 0.1) is 16.7 Å². The van der Waals surface area contributed by atoms with E-state index in [9.17, 15) is 14.5 Å². The van der Waals surface area contributed by atoms with E-state index in [2.05, 4.69) is 15.5 Å². The molecule has 0 saturated carbocycles. The lowest BCUT2D eigenvalue weighted by Gasteiger charge is -2.05. The fraction of sp³-hybridized carbons (Fsp3) is 0.385. The minimum atomic E-state index is -0.669. The molecule has 112 valence electrons. The summed E-state index contributed by atoms with van der Waals surface area (Å²) in [6, 6.07) is 3.46. The molecule has 0 radical (unpaired) electrons. The van der Waals surface area contributed by atoms with Crippen LogP contribution in [-0.2, 0) is 6.42 Å². The predicted molar refractivity (Wildman–Crippen MR) is 73.6 cm³/mol. The molecule has 0 saturated heterocycles. The highest BCUT2D eigenvalue weighted by Crippen LogP contribution is 2.20. The fourth-order valence-corrected chi connectivity index (χ4v) is 1.67. The summed E-state index contributed by atoms with van der Waals surface area (Å²) in [6.07, 6.45) is 0.441. The van der Waals surface area contributed by atoms with Gasteiger partial charge in [0.2, 0.25) is 5.89 Å². The van der Waals surface area contributed by atoms with Crippen molar-refractivity contribution >= 4 is 11.4 Å². The van der Waals surface area contributed by atoms with Crippen LogP contribution in [0.2, 0.25) is 0 Å². The van der Waals surface area contributed by atoms with E-state index in [4.69, 9.17) is 4.52 Å². The van der Waals surface area contributed by atoms with E-state index in [0.717, 1.165) is 6.07 Å². The lowest BCUT2D eigenvalue weighted by Crippen LogP contribution is -2.07. The minimum absolute atomic E-state index is 0.183. The molecular formula is C13H15FN4O3. The SMILES string of the molecule is CC(C)c1noc(CCNc2ccc([N+](=O)[O-])cc2F)n1. The zero-order chi connectivity index (χ0) is 15.4. The number of nitro groups is 1. The maximum absolute atomic E-state index is 13.6. The average Bonchev–Trinajstić information content (AvgIpc) is 2.89. The first kappa shape index (κ1) is 14.9. The standard InChI is InChI=1S/C13H15FN4O3/c1-8(2)13-16-12(21-17-13)5-6-15-11-4-3-9(18(19)20)7-10(11)14/h3-4,7-8,15H,5-6H2,1-2H3. The first-order valence-corrected chi connectivity index (χ1v) is 6.47. The first-order valence-electron chi connectivity index (χ1n) is 6.47. The van der Waals surface area contributed by atoms with Crippen molar-refractivity contribution in [2.45, 2.75) is 26.2 Å². The molecule has 2 aromatic rings. The number of rotatable bonds is 6. The maximum Gasteiger partial charge on any atom is 0.272 e. The van der Waals surface area contributed by atoms with Gasteiger partial charge in [0.25, 0.3) is 5.69 Å². The number of benzene rings is 1. The molecule has 0 fully saturated rings. The Hall–Kier alpha value is -2.51. The molecule has 0 amide bonds. The molecule has 1 heterocycles. The van der Waals surface area contributed by atoms with Crippen molar-refractivity contribution in [1.82, 2.24) is 10.1 Å². The van der Waals surface area contributed by atoms with Crippen molar-refractivity contribution in [2.75, 3.05) is 11.9 Å². The van der Waals surface area contributed by atoms with Gasteiger partial charge in [0, 0.05) is 24.9 Å². The fourth-order valence-electron chi connectivity index (χ4n) is 1.67. The van der Waals surface area contributed by atoms with Gasteiger partial charge in [-0.2, -0.15) is 4.98 Å². The van der Waals surface area contributed by atoms with Gasteiger partial charge in [-0.25, -0.2) is 4.39 Å². The van der Waals surface area contributed by atoms with Crippen molar-refractivity contribution in [2.24, 2.45) is 0 Å². The molecule has 2 rings (SSSR count). The lowest BCUT2D eigenvalue weighted by atomic mass is 10.2. The Kier molecular flexibility index (Phi) is 4.46. The zero-order valence-corrected chi connectivity index (χ0v) is 11.7. The molecular weight excluding hydrogens is 279 g/mol. The van der Waals surface area contributed by atoms with E-state index in [1.165, 1.54) is 12.1 Å². The normalized spacial score (nSPS) is 10.9. The van der Waals surface area contributed by atoms with Gasteiger partial charge in [-0.05, 0) is 6.07 Å². The van der Waals surface area contributed by atoms with Gasteiger partial charge in [0.1, 0.15) is 0 Å². The molecule has 8 heteroatoms. The Labute approximate surface area is 120 Å². The van der Waals surface area contributed by atoms with Gasteiger partial charge in [-0.3, -0.25) is 10.1 Å². The summed E-state index contributed by atoms with van der Waals surface area (Å²) >= 11 is 0. The highest BCUT2D eigenvalue weighted by atomic mass is 19.1. The molecule has 0 aliphatic carbocycles. The van der Waals surface area contributed by atoms with Gasteiger partial charge >= 0.3 is 0 Å². The number of anilines is 1. The third kappa shape index (κ3) is 3.74. The van der Waals surface area contributed by atoms with Crippen LogP contribution in [0, 0.1) is 15.9 Å². The summed E-state index contributed by atoms with van der Waals surface area (Å²) in [4.78, 5) is 14.1. The Balaban J connectivity index is 1.92. The van der Waals surface area contributed by atoms with E-state index in [0.29, 0.717) is 24.7 Å². The first-order chi connectivity index (χ1) is 9.97. The molecule has 1 aromatic heterocycles. The molecule has 21 heavy (non-hydrogen) atoms. The van der Waals surface area contributed by atoms with Crippen LogP contribution in [0.25, 0.3) is 0 Å². The van der Waals surface area contributed by atoms with Crippen LogP contribution in [0.1, 0.15) is 31.5 Å². The smallest absolute Gasteiger partial charge is 0.272 e. The molecule has 1 N–H and O–H groups in total. The van der Waals surface area contributed by atoms with Crippen molar-refractivity contribution in [3.05, 3.63) is 45.8 Å². The Morgan fingerprint density at radius 1 is 1.48 bits per heavy atom. The third-order valence-electron chi connectivity index (χ3n) is 2.82. The molecule has 0 unspecified atom stereocenters. The Morgan fingerprint density at radius 2 is 2.24 bits per heavy atom. The molecule has 0 spiro atoms. The van der Waals surface area contributed by atoms with Crippen molar-refractivity contribution < 1.29 is 13.8 Å². The van der Waals surface area contributed by atoms with Gasteiger partial charge < -0.3 is 9.84 Å². The van der Waals surface area contributed by atoms with E-state index < -0.39 is 10.7 Å². The van der Waals surface area contributed by atoms with Crippen molar-refractivity contribution in [3.8, 4) is 0 Å². The third-order valence-corrected chi connectivity index (χ3v) is 2.82. The number of nitrogens with zero attached hydrogens (tertiary/aromatic N) is 3. The molecule has 0 bridgehead atoms. The summed E-state index contributed by atoms with van der Waals surface area (Å²) in [5.74, 6) is 0.611. The summed E-state index contributed by atoms with van der Waals surface area (Å²) in [5.41, 5.74) is -0.0827. The lowest BCUT2D eigenvalue weighted by molar-refractivity contribution is -0.385. The number of hydrogen-bond donors (Lipinski definition) is 1. The zero-order valence-electron chi connectivity index (χ0n) is 11.7. The van der Waals surface area contributed by atoms with Gasteiger partial charge in [0.15, 0.2) is 11.6 Å². The van der Waals surface area contributed by atoms with Gasteiger partial charge in [-0.1, -0.05) is 19.0 Å². The van der Waals surface area contributed by atoms with E-state index in [1.54, 1.807) is 0 Å². The number of nitrogens with one attached hydrogen (secondary N) is 1. The summed E-state index contributed by atoms with van der Waals surface area (Å²) in [7, 11) is 0. The van der Waals surface area contributed by atoms with Crippen molar-refractivity contribution in [1.29, 1.82) is 0 Å². The second-order valence-corrected chi connectivity index (χ2v) is 4.80. The Morgan fingerprint density at radius 3 is 2.81 bits per heavy atom. The van der Waals surface area contributed by atoms with Crippen LogP contribution in [0.3, 0.4) is 0 Å². The van der Waals surface area contributed by atoms with E-state index >= 15 is 0 Å². The number of halogens is 1. The number of hydrogen-bond acceptors (Lipinski definition) is 6. The van der Waals surface area contributed by atoms with E-state index in [1.807, 2.05) is 13.8 Å². The quantitative estimate of drug-likeness (QED) is 0.650. The molecule has 1 aromatic carbocycles. The topological polar surface area (TPSA) is 94.1 Å². The second-order valence-electron chi connectivity index (χ2n) is 4.80. The number of aromatic nitrogens is 2. The average molecular weight is 294 g/mol. The minimum Gasteiger partial charge on any atom is -0.382 e. The van der Waals surface area contributed by atoms with Crippen LogP contribution in [0.5, 0.6) is 0 Å². The maximum atomic E-state index is 13.6. The highest BCUT2D eigenvalue weighted by molar-refractivity contribution is 5.50. The molecule has 0 aliphatic heterocycles. The molecule has 0 atom stereocenters. The summed E-state index contributed by atoms with van der Waals surface area (Å²) in [6.45, 7) is 4.30. The second kappa shape index (κ2) is 6.29. The van der Waals surface area contributed by atoms with Crippen molar-refractivity contribution in [3.63, 3.8) is 0 Å². The van der Waals surface area contributed by atoms with Crippen LogP contribution < -0.4 is 5.32 Å². The Bertz CT molecular complexity index is 642. The number of non-ortho nitro benzene ring substituents is 1. The van der Waals surface area contributed by atoms with E-state index in [-0.39, 0.29) is 17.3 Å². The van der Waals surface area contributed by atoms with Crippen LogP contribution in [-0.4, -0.2) is 21.6 Å². The largest absolute Gasteiger partial charge is 0.382 e. The predicted octanol–water partition coefficient (Wildman–Crippen LogP) is 2.89. The highest BCUT2D eigenvalue weighted by Gasteiger charge is 2.12. The number of nitro benzene ring substituents is 1. The van der Waals surface area contributed by atoms with Crippen LogP contribution >= 0.6 is 0 Å². The molecule has 7 nitrogen and oxygen atoms in total. The van der Waals surface area contributed by atoms with Crippen LogP contribution in [0.15, 0.2) is 22.7 Å². The monoisotopic (exact) mass is 294 g/mol. The summed E-state index contributed by atoms with van der Waals surface area (Å²) in [5, 5.41) is 17.2.